The normalized spacial score (nSPS) is 10.6. The molecule has 0 heterocycles. The topological polar surface area (TPSA) is 58.6 Å². The second kappa shape index (κ2) is 9.21. The van der Waals surface area contributed by atoms with Gasteiger partial charge in [0, 0.05) is 12.6 Å². The van der Waals surface area contributed by atoms with Gasteiger partial charge in [0.15, 0.2) is 0 Å². The van der Waals surface area contributed by atoms with Crippen LogP contribution in [0.4, 0.5) is 11.4 Å². The molecule has 0 radical (unpaired) electrons. The molecule has 5 heteroatoms. The lowest BCUT2D eigenvalue weighted by Gasteiger charge is -2.25. The number of hydrogen-bond acceptors (Lipinski definition) is 3. The number of rotatable bonds is 7. The maximum absolute atomic E-state index is 12.5. The smallest absolute Gasteiger partial charge is 0.244 e. The first-order chi connectivity index (χ1) is 12.8. The molecule has 2 amide bonds. The first-order valence-corrected chi connectivity index (χ1v) is 9.25. The maximum atomic E-state index is 12.5. The van der Waals surface area contributed by atoms with E-state index in [-0.39, 0.29) is 24.5 Å². The summed E-state index contributed by atoms with van der Waals surface area (Å²) >= 11 is 0. The van der Waals surface area contributed by atoms with E-state index in [0.717, 1.165) is 29.0 Å². The van der Waals surface area contributed by atoms with Crippen molar-refractivity contribution in [2.75, 3.05) is 16.8 Å². The standard InChI is InChI=1S/C22H28N2O3/c1-6-18-9-7-8-16(4)22(18)24(17(5)25)14-21(26)23-19-10-12-20(13-11-19)27-15(2)3/h7-13,15H,6,14H2,1-5H3,(H,23,26). The summed E-state index contributed by atoms with van der Waals surface area (Å²) < 4.78 is 5.60. The number of hydrogen-bond donors (Lipinski definition) is 1. The van der Waals surface area contributed by atoms with Crippen LogP contribution in [0.15, 0.2) is 42.5 Å². The summed E-state index contributed by atoms with van der Waals surface area (Å²) in [7, 11) is 0. The summed E-state index contributed by atoms with van der Waals surface area (Å²) in [4.78, 5) is 26.3. The van der Waals surface area contributed by atoms with Crippen molar-refractivity contribution in [1.29, 1.82) is 0 Å². The summed E-state index contributed by atoms with van der Waals surface area (Å²) in [5, 5.41) is 2.85. The van der Waals surface area contributed by atoms with Gasteiger partial charge in [0.25, 0.3) is 0 Å². The summed E-state index contributed by atoms with van der Waals surface area (Å²) in [6.07, 6.45) is 0.885. The predicted octanol–water partition coefficient (Wildman–Crippen LogP) is 4.34. The molecule has 0 atom stereocenters. The van der Waals surface area contributed by atoms with Crippen molar-refractivity contribution >= 4 is 23.2 Å². The Morgan fingerprint density at radius 1 is 1.11 bits per heavy atom. The molecule has 0 fully saturated rings. The Bertz CT molecular complexity index is 798. The highest BCUT2D eigenvalue weighted by atomic mass is 16.5. The van der Waals surface area contributed by atoms with Crippen LogP contribution in [-0.2, 0) is 16.0 Å². The quantitative estimate of drug-likeness (QED) is 0.791. The fourth-order valence-electron chi connectivity index (χ4n) is 2.97. The van der Waals surface area contributed by atoms with Crippen LogP contribution in [0.1, 0.15) is 38.8 Å². The fourth-order valence-corrected chi connectivity index (χ4v) is 2.97. The van der Waals surface area contributed by atoms with Crippen LogP contribution in [-0.4, -0.2) is 24.5 Å². The van der Waals surface area contributed by atoms with Crippen LogP contribution in [0.2, 0.25) is 0 Å². The molecule has 2 rings (SSSR count). The van der Waals surface area contributed by atoms with E-state index in [1.807, 2.05) is 58.0 Å². The van der Waals surface area contributed by atoms with E-state index in [9.17, 15) is 9.59 Å². The zero-order valence-electron chi connectivity index (χ0n) is 16.7. The van der Waals surface area contributed by atoms with Gasteiger partial charge in [-0.25, -0.2) is 0 Å². The van der Waals surface area contributed by atoms with Crippen molar-refractivity contribution in [1.82, 2.24) is 0 Å². The number of carbonyl (C=O) groups is 2. The molecule has 0 aliphatic carbocycles. The van der Waals surface area contributed by atoms with Crippen LogP contribution in [0.3, 0.4) is 0 Å². The molecule has 0 saturated carbocycles. The minimum atomic E-state index is -0.243. The van der Waals surface area contributed by atoms with Gasteiger partial charge in [-0.2, -0.15) is 0 Å². The number of benzene rings is 2. The number of carbonyl (C=O) groups excluding carboxylic acids is 2. The summed E-state index contributed by atoms with van der Waals surface area (Å²) in [6, 6.07) is 13.1. The molecule has 0 aliphatic heterocycles. The molecule has 27 heavy (non-hydrogen) atoms. The van der Waals surface area contributed by atoms with Gasteiger partial charge in [0.2, 0.25) is 11.8 Å². The third kappa shape index (κ3) is 5.58. The van der Waals surface area contributed by atoms with Gasteiger partial charge >= 0.3 is 0 Å². The Kier molecular flexibility index (Phi) is 6.99. The van der Waals surface area contributed by atoms with E-state index >= 15 is 0 Å². The lowest BCUT2D eigenvalue weighted by atomic mass is 10.0. The Morgan fingerprint density at radius 3 is 2.33 bits per heavy atom. The fraction of sp³-hybridized carbons (Fsp3) is 0.364. The number of ether oxygens (including phenoxy) is 1. The number of nitrogens with zero attached hydrogens (tertiary/aromatic N) is 1. The second-order valence-electron chi connectivity index (χ2n) is 6.78. The minimum Gasteiger partial charge on any atom is -0.491 e. The number of para-hydroxylation sites is 1. The molecule has 0 saturated heterocycles. The molecule has 1 N–H and O–H groups in total. The molecule has 0 bridgehead atoms. The SMILES string of the molecule is CCc1cccc(C)c1N(CC(=O)Nc1ccc(OC(C)C)cc1)C(C)=O. The highest BCUT2D eigenvalue weighted by molar-refractivity contribution is 6.02. The Hall–Kier alpha value is -2.82. The van der Waals surface area contributed by atoms with E-state index in [4.69, 9.17) is 4.74 Å². The first-order valence-electron chi connectivity index (χ1n) is 9.25. The maximum Gasteiger partial charge on any atom is 0.244 e. The van der Waals surface area contributed by atoms with Crippen molar-refractivity contribution in [3.05, 3.63) is 53.6 Å². The third-order valence-electron chi connectivity index (χ3n) is 4.16. The first kappa shape index (κ1) is 20.5. The zero-order chi connectivity index (χ0) is 20.0. The lowest BCUT2D eigenvalue weighted by molar-refractivity contribution is -0.120. The number of anilines is 2. The average Bonchev–Trinajstić information content (AvgIpc) is 2.61. The molecule has 2 aromatic rings. The third-order valence-corrected chi connectivity index (χ3v) is 4.16. The molecule has 0 aliphatic rings. The number of nitrogens with one attached hydrogen (secondary N) is 1. The number of aryl methyl sites for hydroxylation is 2. The lowest BCUT2D eigenvalue weighted by Crippen LogP contribution is -2.37. The number of amides is 2. The van der Waals surface area contributed by atoms with Crippen molar-refractivity contribution in [3.63, 3.8) is 0 Å². The van der Waals surface area contributed by atoms with Crippen LogP contribution in [0.5, 0.6) is 5.75 Å². The molecular formula is C22H28N2O3. The molecule has 5 nitrogen and oxygen atoms in total. The van der Waals surface area contributed by atoms with Gasteiger partial charge in [0.1, 0.15) is 12.3 Å². The summed E-state index contributed by atoms with van der Waals surface area (Å²) in [6.45, 7) is 9.37. The minimum absolute atomic E-state index is 0.0303. The highest BCUT2D eigenvalue weighted by Gasteiger charge is 2.20. The van der Waals surface area contributed by atoms with E-state index in [1.54, 1.807) is 17.0 Å². The molecule has 2 aromatic carbocycles. The molecular weight excluding hydrogens is 340 g/mol. The highest BCUT2D eigenvalue weighted by Crippen LogP contribution is 2.26. The van der Waals surface area contributed by atoms with E-state index in [1.165, 1.54) is 6.92 Å². The van der Waals surface area contributed by atoms with Gasteiger partial charge in [-0.3, -0.25) is 9.59 Å². The zero-order valence-corrected chi connectivity index (χ0v) is 16.7. The Balaban J connectivity index is 2.13. The molecule has 144 valence electrons. The summed E-state index contributed by atoms with van der Waals surface area (Å²) in [5.41, 5.74) is 3.52. The van der Waals surface area contributed by atoms with E-state index in [2.05, 4.69) is 5.32 Å². The molecule has 0 spiro atoms. The van der Waals surface area contributed by atoms with Crippen LogP contribution in [0.25, 0.3) is 0 Å². The molecule has 0 unspecified atom stereocenters. The van der Waals surface area contributed by atoms with Gasteiger partial charge in [-0.05, 0) is 62.6 Å². The molecule has 0 aromatic heterocycles. The monoisotopic (exact) mass is 368 g/mol. The largest absolute Gasteiger partial charge is 0.491 e. The van der Waals surface area contributed by atoms with Gasteiger partial charge in [-0.15, -0.1) is 0 Å². The van der Waals surface area contributed by atoms with Crippen LogP contribution < -0.4 is 15.0 Å². The van der Waals surface area contributed by atoms with Crippen LogP contribution in [0, 0.1) is 6.92 Å². The van der Waals surface area contributed by atoms with E-state index < -0.39 is 0 Å². The van der Waals surface area contributed by atoms with Crippen LogP contribution >= 0.6 is 0 Å². The van der Waals surface area contributed by atoms with Crippen molar-refractivity contribution < 1.29 is 14.3 Å². The van der Waals surface area contributed by atoms with Gasteiger partial charge < -0.3 is 15.0 Å². The van der Waals surface area contributed by atoms with Crippen molar-refractivity contribution in [2.45, 2.75) is 47.1 Å². The van der Waals surface area contributed by atoms with Gasteiger partial charge in [-0.1, -0.05) is 25.1 Å². The van der Waals surface area contributed by atoms with Gasteiger partial charge in [0.05, 0.1) is 11.8 Å². The Morgan fingerprint density at radius 2 is 1.78 bits per heavy atom. The van der Waals surface area contributed by atoms with E-state index in [0.29, 0.717) is 5.69 Å². The summed E-state index contributed by atoms with van der Waals surface area (Å²) in [5.74, 6) is 0.351. The Labute approximate surface area is 161 Å². The van der Waals surface area contributed by atoms with Crippen molar-refractivity contribution in [2.24, 2.45) is 0 Å². The predicted molar refractivity (Wildman–Crippen MR) is 109 cm³/mol. The van der Waals surface area contributed by atoms with Crippen molar-refractivity contribution in [3.8, 4) is 5.75 Å². The average molecular weight is 368 g/mol. The second-order valence-corrected chi connectivity index (χ2v) is 6.78.